The summed E-state index contributed by atoms with van der Waals surface area (Å²) >= 11 is 9.61. The lowest BCUT2D eigenvalue weighted by Gasteiger charge is -2.32. The minimum atomic E-state index is -4.17. The van der Waals surface area contributed by atoms with Crippen molar-refractivity contribution < 1.29 is 25.9 Å². The van der Waals surface area contributed by atoms with Gasteiger partial charge in [-0.25, -0.2) is 8.42 Å². The number of sulfonamides is 1. The number of nitrogens with zero attached hydrogens (tertiary/aromatic N) is 3. The predicted molar refractivity (Wildman–Crippen MR) is 137 cm³/mol. The molecule has 1 aliphatic heterocycles. The zero-order chi connectivity index (χ0) is 26.0. The van der Waals surface area contributed by atoms with Gasteiger partial charge in [-0.3, -0.25) is 14.3 Å². The normalized spacial score (nSPS) is 14.5. The summed E-state index contributed by atoms with van der Waals surface area (Å²) in [6.07, 6.45) is 1.33. The van der Waals surface area contributed by atoms with Gasteiger partial charge in [-0.2, -0.15) is 12.7 Å². The lowest BCUT2D eigenvalue weighted by Crippen LogP contribution is -2.38. The van der Waals surface area contributed by atoms with Crippen LogP contribution in [0.25, 0.3) is 0 Å². The van der Waals surface area contributed by atoms with Crippen LogP contribution in [0.1, 0.15) is 16.7 Å². The molecule has 192 valence electrons. The fraction of sp³-hybridized carbons (Fsp3) is 0.429. The monoisotopic (exact) mass is 609 g/mol. The number of nitro benzene ring substituents is 1. The number of alkyl halides is 1. The van der Waals surface area contributed by atoms with Crippen LogP contribution in [0, 0.1) is 17.0 Å². The Hall–Kier alpha value is -1.77. The van der Waals surface area contributed by atoms with Crippen molar-refractivity contribution in [1.29, 1.82) is 0 Å². The maximum absolute atomic E-state index is 13.9. The van der Waals surface area contributed by atoms with Gasteiger partial charge in [0.05, 0.1) is 23.5 Å². The van der Waals surface area contributed by atoms with Crippen LogP contribution in [0.3, 0.4) is 0 Å². The Morgan fingerprint density at radius 1 is 1.23 bits per heavy atom. The Morgan fingerprint density at radius 3 is 2.57 bits per heavy atom. The average molecular weight is 611 g/mol. The van der Waals surface area contributed by atoms with Gasteiger partial charge in [0.2, 0.25) is 10.0 Å². The largest absolute Gasteiger partial charge is 0.367 e. The second-order valence-corrected chi connectivity index (χ2v) is 12.8. The highest BCUT2D eigenvalue weighted by Gasteiger charge is 2.34. The Kier molecular flexibility index (Phi) is 8.82. The van der Waals surface area contributed by atoms with Gasteiger partial charge in [0.25, 0.3) is 15.8 Å². The second kappa shape index (κ2) is 11.1. The van der Waals surface area contributed by atoms with Crippen LogP contribution in [0.4, 0.5) is 11.4 Å². The number of non-ortho nitro benzene ring substituents is 1. The number of aryl methyl sites for hydroxylation is 1. The summed E-state index contributed by atoms with van der Waals surface area (Å²) in [7, 11) is -7.87. The van der Waals surface area contributed by atoms with E-state index in [2.05, 4.69) is 15.9 Å². The smallest absolute Gasteiger partial charge is 0.271 e. The number of anilines is 1. The van der Waals surface area contributed by atoms with Crippen molar-refractivity contribution in [2.24, 2.45) is 0 Å². The van der Waals surface area contributed by atoms with Crippen LogP contribution in [-0.4, -0.2) is 63.9 Å². The van der Waals surface area contributed by atoms with Crippen molar-refractivity contribution >= 4 is 59.0 Å². The molecule has 0 radical (unpaired) electrons. The molecular formula is C21H25BrClN3O7S2. The summed E-state index contributed by atoms with van der Waals surface area (Å²) in [4.78, 5) is 12.4. The summed E-state index contributed by atoms with van der Waals surface area (Å²) in [6.45, 7) is 1.98. The third kappa shape index (κ3) is 6.52. The summed E-state index contributed by atoms with van der Waals surface area (Å²) in [6, 6.07) is 7.67. The van der Waals surface area contributed by atoms with Crippen LogP contribution in [0.5, 0.6) is 0 Å². The minimum absolute atomic E-state index is 0.0539. The van der Waals surface area contributed by atoms with Crippen molar-refractivity contribution in [3.05, 3.63) is 62.2 Å². The summed E-state index contributed by atoms with van der Waals surface area (Å²) in [5, 5.41) is 12.6. The van der Waals surface area contributed by atoms with Gasteiger partial charge in [0, 0.05) is 48.7 Å². The molecule has 0 aromatic heterocycles. The van der Waals surface area contributed by atoms with E-state index in [9.17, 15) is 26.9 Å². The predicted octanol–water partition coefficient (Wildman–Crippen LogP) is 3.48. The van der Waals surface area contributed by atoms with Gasteiger partial charge in [-0.15, -0.1) is 0 Å². The van der Waals surface area contributed by atoms with E-state index in [1.807, 2.05) is 6.07 Å². The van der Waals surface area contributed by atoms with Gasteiger partial charge in [0.1, 0.15) is 4.90 Å². The number of hydrogen-bond acceptors (Lipinski definition) is 8. The lowest BCUT2D eigenvalue weighted by atomic mass is 10.0. The summed E-state index contributed by atoms with van der Waals surface area (Å²) < 4.78 is 56.7. The van der Waals surface area contributed by atoms with E-state index in [-0.39, 0.29) is 42.5 Å². The molecule has 14 heteroatoms. The first kappa shape index (κ1) is 27.8. The number of fused-ring (bicyclic) bond motifs is 1. The third-order valence-corrected chi connectivity index (χ3v) is 8.74. The highest BCUT2D eigenvalue weighted by atomic mass is 79.9. The van der Waals surface area contributed by atoms with Crippen molar-refractivity contribution in [1.82, 2.24) is 4.31 Å². The Balaban J connectivity index is 2.09. The van der Waals surface area contributed by atoms with Crippen molar-refractivity contribution in [2.75, 3.05) is 42.7 Å². The molecule has 2 aromatic carbocycles. The van der Waals surface area contributed by atoms with Crippen molar-refractivity contribution in [2.45, 2.75) is 24.8 Å². The molecule has 0 atom stereocenters. The molecule has 35 heavy (non-hydrogen) atoms. The quantitative estimate of drug-likeness (QED) is 0.173. The Labute approximate surface area is 218 Å². The minimum Gasteiger partial charge on any atom is -0.367 e. The first-order valence-electron chi connectivity index (χ1n) is 10.6. The van der Waals surface area contributed by atoms with E-state index >= 15 is 0 Å². The molecule has 0 bridgehead atoms. The molecule has 0 unspecified atom stereocenters. The number of rotatable bonds is 10. The maximum atomic E-state index is 13.9. The first-order valence-corrected chi connectivity index (χ1v) is 15.3. The molecule has 0 spiro atoms. The molecule has 0 saturated heterocycles. The fourth-order valence-corrected chi connectivity index (χ4v) is 6.87. The number of nitro groups is 1. The van der Waals surface area contributed by atoms with Crippen LogP contribution in [0.15, 0.2) is 35.2 Å². The molecule has 1 heterocycles. The Bertz CT molecular complexity index is 1340. The van der Waals surface area contributed by atoms with Gasteiger partial charge in [0.15, 0.2) is 0 Å². The van der Waals surface area contributed by atoms with Crippen LogP contribution in [-0.2, 0) is 37.3 Å². The summed E-state index contributed by atoms with van der Waals surface area (Å²) in [5.41, 5.74) is 1.95. The van der Waals surface area contributed by atoms with E-state index in [0.29, 0.717) is 28.9 Å². The highest BCUT2D eigenvalue weighted by molar-refractivity contribution is 9.09. The van der Waals surface area contributed by atoms with Gasteiger partial charge < -0.3 is 4.90 Å². The molecule has 10 nitrogen and oxygen atoms in total. The number of halogens is 2. The van der Waals surface area contributed by atoms with Crippen molar-refractivity contribution in [3.8, 4) is 0 Å². The van der Waals surface area contributed by atoms with Crippen LogP contribution in [0.2, 0.25) is 5.02 Å². The average Bonchev–Trinajstić information content (AvgIpc) is 2.77. The topological polar surface area (TPSA) is 127 Å². The molecule has 2 aromatic rings. The zero-order valence-corrected chi connectivity index (χ0v) is 23.1. The third-order valence-electron chi connectivity index (χ3n) is 5.58. The lowest BCUT2D eigenvalue weighted by molar-refractivity contribution is -0.385. The fourth-order valence-electron chi connectivity index (χ4n) is 4.05. The number of benzene rings is 2. The van der Waals surface area contributed by atoms with E-state index in [0.717, 1.165) is 23.4 Å². The second-order valence-electron chi connectivity index (χ2n) is 8.03. The molecule has 0 saturated carbocycles. The molecular weight excluding hydrogens is 586 g/mol. The van der Waals surface area contributed by atoms with Gasteiger partial charge in [-0.1, -0.05) is 39.7 Å². The standard InChI is InChI=1S/C21H25BrClN3O7S2/c1-15-12-17(26(27)28)13-20(21(15)24(9-7-22)10-11-33-34(2,29)30)35(31,32)25-8-6-18-16(14-25)4-3-5-19(18)23/h3-5,12-13H,6-11,14H2,1-2H3. The van der Waals surface area contributed by atoms with E-state index in [1.54, 1.807) is 24.0 Å². The van der Waals surface area contributed by atoms with Crippen LogP contribution < -0.4 is 4.90 Å². The van der Waals surface area contributed by atoms with Crippen LogP contribution >= 0.6 is 27.5 Å². The Morgan fingerprint density at radius 2 is 1.94 bits per heavy atom. The molecule has 3 rings (SSSR count). The van der Waals surface area contributed by atoms with Crippen molar-refractivity contribution in [3.63, 3.8) is 0 Å². The highest BCUT2D eigenvalue weighted by Crippen LogP contribution is 2.37. The molecule has 0 N–H and O–H groups in total. The SMILES string of the molecule is Cc1cc([N+](=O)[O-])cc(S(=O)(=O)N2CCc3c(Cl)cccc3C2)c1N(CCBr)CCOS(C)(=O)=O. The van der Waals surface area contributed by atoms with E-state index in [4.69, 9.17) is 15.8 Å². The maximum Gasteiger partial charge on any atom is 0.271 e. The molecule has 0 amide bonds. The molecule has 0 fully saturated rings. The summed E-state index contributed by atoms with van der Waals surface area (Å²) in [5.74, 6) is 0. The first-order chi connectivity index (χ1) is 16.3. The van der Waals surface area contributed by atoms with Gasteiger partial charge >= 0.3 is 0 Å². The molecule has 1 aliphatic rings. The van der Waals surface area contributed by atoms with E-state index < -0.39 is 25.1 Å². The van der Waals surface area contributed by atoms with Gasteiger partial charge in [-0.05, 0) is 36.1 Å². The molecule has 0 aliphatic carbocycles. The zero-order valence-electron chi connectivity index (χ0n) is 19.1. The number of hydrogen-bond donors (Lipinski definition) is 0. The van der Waals surface area contributed by atoms with E-state index in [1.165, 1.54) is 10.4 Å².